The number of hydrogen-bond donors (Lipinski definition) is 0. The predicted octanol–water partition coefficient (Wildman–Crippen LogP) is 2.47. The van der Waals surface area contributed by atoms with E-state index in [1.165, 1.54) is 44.1 Å². The summed E-state index contributed by atoms with van der Waals surface area (Å²) in [5, 5.41) is 0. The molecule has 3 rings (SSSR count). The number of anilines is 1. The molecule has 1 atom stereocenters. The Labute approximate surface area is 133 Å². The van der Waals surface area contributed by atoms with E-state index in [0.717, 1.165) is 38.7 Å². The number of ether oxygens (including phenoxy) is 1. The third kappa shape index (κ3) is 3.96. The van der Waals surface area contributed by atoms with Gasteiger partial charge in [-0.2, -0.15) is 0 Å². The molecule has 0 unspecified atom stereocenters. The van der Waals surface area contributed by atoms with E-state index in [1.807, 2.05) is 12.4 Å². The van der Waals surface area contributed by atoms with Crippen LogP contribution in [0.25, 0.3) is 0 Å². The second-order valence-corrected chi connectivity index (χ2v) is 6.51. The van der Waals surface area contributed by atoms with Crippen LogP contribution in [-0.4, -0.2) is 54.3 Å². The molecule has 1 aromatic rings. The van der Waals surface area contributed by atoms with Crippen molar-refractivity contribution in [3.63, 3.8) is 0 Å². The Hall–Kier alpha value is -1.20. The van der Waals surface area contributed by atoms with Crippen molar-refractivity contribution in [2.24, 2.45) is 0 Å². The van der Waals surface area contributed by atoms with E-state index < -0.39 is 0 Å². The van der Waals surface area contributed by atoms with Gasteiger partial charge in [0.2, 0.25) is 5.95 Å². The normalized spacial score (nSPS) is 23.7. The fraction of sp³-hybridized carbons (Fsp3) is 0.765. The second kappa shape index (κ2) is 7.88. The molecule has 5 heteroatoms. The molecule has 2 saturated heterocycles. The van der Waals surface area contributed by atoms with Crippen molar-refractivity contribution in [2.45, 2.75) is 51.1 Å². The number of rotatable bonds is 5. The van der Waals surface area contributed by atoms with Crippen molar-refractivity contribution in [2.75, 3.05) is 38.3 Å². The minimum Gasteiger partial charge on any atom is -0.383 e. The van der Waals surface area contributed by atoms with E-state index in [4.69, 9.17) is 4.74 Å². The van der Waals surface area contributed by atoms with Crippen molar-refractivity contribution in [1.29, 1.82) is 0 Å². The maximum absolute atomic E-state index is 5.37. The van der Waals surface area contributed by atoms with Crippen LogP contribution in [0.15, 0.2) is 12.4 Å². The van der Waals surface area contributed by atoms with Crippen LogP contribution < -0.4 is 4.90 Å². The number of methoxy groups -OCH3 is 1. The van der Waals surface area contributed by atoms with Crippen LogP contribution >= 0.6 is 0 Å². The monoisotopic (exact) mass is 304 g/mol. The molecule has 0 aliphatic carbocycles. The molecule has 22 heavy (non-hydrogen) atoms. The maximum Gasteiger partial charge on any atom is 0.225 e. The van der Waals surface area contributed by atoms with Gasteiger partial charge in [-0.1, -0.05) is 6.42 Å². The van der Waals surface area contributed by atoms with Gasteiger partial charge in [0, 0.05) is 50.7 Å². The lowest BCUT2D eigenvalue weighted by Crippen LogP contribution is -2.41. The maximum atomic E-state index is 5.37. The molecular weight excluding hydrogens is 276 g/mol. The fourth-order valence-corrected chi connectivity index (χ4v) is 3.57. The van der Waals surface area contributed by atoms with Crippen molar-refractivity contribution in [1.82, 2.24) is 14.9 Å². The van der Waals surface area contributed by atoms with Gasteiger partial charge in [-0.15, -0.1) is 0 Å². The largest absolute Gasteiger partial charge is 0.383 e. The smallest absolute Gasteiger partial charge is 0.225 e. The fourth-order valence-electron chi connectivity index (χ4n) is 3.57. The number of aromatic nitrogens is 2. The molecule has 122 valence electrons. The third-order valence-electron chi connectivity index (χ3n) is 4.82. The number of nitrogens with zero attached hydrogens (tertiary/aromatic N) is 4. The first-order valence-electron chi connectivity index (χ1n) is 8.65. The van der Waals surface area contributed by atoms with Crippen molar-refractivity contribution < 1.29 is 4.74 Å². The molecule has 0 spiro atoms. The highest BCUT2D eigenvalue weighted by molar-refractivity contribution is 5.30. The molecule has 1 aromatic heterocycles. The van der Waals surface area contributed by atoms with E-state index in [2.05, 4.69) is 19.8 Å². The summed E-state index contributed by atoms with van der Waals surface area (Å²) >= 11 is 0. The Morgan fingerprint density at radius 1 is 1.05 bits per heavy atom. The first-order chi connectivity index (χ1) is 10.9. The van der Waals surface area contributed by atoms with Gasteiger partial charge >= 0.3 is 0 Å². The number of piperidine rings is 2. The Balaban J connectivity index is 1.59. The molecule has 3 heterocycles. The average Bonchev–Trinajstić information content (AvgIpc) is 2.58. The van der Waals surface area contributed by atoms with E-state index in [9.17, 15) is 0 Å². The minimum absolute atomic E-state index is 0.542. The van der Waals surface area contributed by atoms with E-state index >= 15 is 0 Å². The zero-order valence-corrected chi connectivity index (χ0v) is 13.7. The second-order valence-electron chi connectivity index (χ2n) is 6.51. The van der Waals surface area contributed by atoms with Gasteiger partial charge < -0.3 is 9.64 Å². The molecule has 2 fully saturated rings. The molecular formula is C17H28N4O. The van der Waals surface area contributed by atoms with Crippen LogP contribution in [0, 0.1) is 0 Å². The highest BCUT2D eigenvalue weighted by Crippen LogP contribution is 2.20. The lowest BCUT2D eigenvalue weighted by molar-refractivity contribution is 0.0599. The first-order valence-corrected chi connectivity index (χ1v) is 8.65. The summed E-state index contributed by atoms with van der Waals surface area (Å²) in [6, 6.07) is 0.542. The lowest BCUT2D eigenvalue weighted by atomic mass is 10.0. The van der Waals surface area contributed by atoms with E-state index in [1.54, 1.807) is 7.11 Å². The van der Waals surface area contributed by atoms with E-state index in [-0.39, 0.29) is 0 Å². The van der Waals surface area contributed by atoms with Crippen LogP contribution in [-0.2, 0) is 11.3 Å². The summed E-state index contributed by atoms with van der Waals surface area (Å²) in [5.74, 6) is 0.899. The molecule has 0 amide bonds. The third-order valence-corrected chi connectivity index (χ3v) is 4.82. The highest BCUT2D eigenvalue weighted by atomic mass is 16.5. The standard InChI is InChI=1S/C17H28N4O/c1-22-14-16-7-3-6-10-21(16)13-15-11-18-17(19-12-15)20-8-4-2-5-9-20/h11-12,16H,2-10,13-14H2,1H3/t16-/m1/s1. The molecule has 2 aliphatic rings. The lowest BCUT2D eigenvalue weighted by Gasteiger charge is -2.35. The topological polar surface area (TPSA) is 41.5 Å². The van der Waals surface area contributed by atoms with Gasteiger partial charge in [0.05, 0.1) is 6.61 Å². The van der Waals surface area contributed by atoms with Crippen LogP contribution in [0.5, 0.6) is 0 Å². The van der Waals surface area contributed by atoms with Gasteiger partial charge in [-0.05, 0) is 38.6 Å². The van der Waals surface area contributed by atoms with Gasteiger partial charge in [-0.3, -0.25) is 4.90 Å². The van der Waals surface area contributed by atoms with Gasteiger partial charge in [0.1, 0.15) is 0 Å². The minimum atomic E-state index is 0.542. The summed E-state index contributed by atoms with van der Waals surface area (Å²) < 4.78 is 5.37. The van der Waals surface area contributed by atoms with Crippen LogP contribution in [0.2, 0.25) is 0 Å². The average molecular weight is 304 g/mol. The predicted molar refractivity (Wildman–Crippen MR) is 88.0 cm³/mol. The van der Waals surface area contributed by atoms with Crippen LogP contribution in [0.3, 0.4) is 0 Å². The molecule has 0 saturated carbocycles. The summed E-state index contributed by atoms with van der Waals surface area (Å²) in [6.07, 6.45) is 11.7. The van der Waals surface area contributed by atoms with E-state index in [0.29, 0.717) is 6.04 Å². The Bertz CT molecular complexity index is 442. The zero-order valence-electron chi connectivity index (χ0n) is 13.7. The van der Waals surface area contributed by atoms with Crippen LogP contribution in [0.4, 0.5) is 5.95 Å². The number of hydrogen-bond acceptors (Lipinski definition) is 5. The first kappa shape index (κ1) is 15.7. The Kier molecular flexibility index (Phi) is 5.62. The Morgan fingerprint density at radius 2 is 1.77 bits per heavy atom. The summed E-state index contributed by atoms with van der Waals surface area (Å²) in [4.78, 5) is 14.0. The summed E-state index contributed by atoms with van der Waals surface area (Å²) in [7, 11) is 1.79. The van der Waals surface area contributed by atoms with Gasteiger partial charge in [0.25, 0.3) is 0 Å². The molecule has 0 bridgehead atoms. The molecule has 2 aliphatic heterocycles. The molecule has 0 aromatic carbocycles. The van der Waals surface area contributed by atoms with Crippen LogP contribution in [0.1, 0.15) is 44.1 Å². The summed E-state index contributed by atoms with van der Waals surface area (Å²) in [6.45, 7) is 5.12. The number of likely N-dealkylation sites (tertiary alicyclic amines) is 1. The highest BCUT2D eigenvalue weighted by Gasteiger charge is 2.22. The quantitative estimate of drug-likeness (QED) is 0.836. The molecule has 0 N–H and O–H groups in total. The summed E-state index contributed by atoms with van der Waals surface area (Å²) in [5.41, 5.74) is 1.21. The van der Waals surface area contributed by atoms with Gasteiger partial charge in [0.15, 0.2) is 0 Å². The zero-order chi connectivity index (χ0) is 15.2. The van der Waals surface area contributed by atoms with Crippen molar-refractivity contribution >= 4 is 5.95 Å². The van der Waals surface area contributed by atoms with Crippen molar-refractivity contribution in [3.05, 3.63) is 18.0 Å². The molecule has 0 radical (unpaired) electrons. The molecule has 5 nitrogen and oxygen atoms in total. The van der Waals surface area contributed by atoms with Crippen molar-refractivity contribution in [3.8, 4) is 0 Å². The Morgan fingerprint density at radius 3 is 2.50 bits per heavy atom. The van der Waals surface area contributed by atoms with Gasteiger partial charge in [-0.25, -0.2) is 9.97 Å². The SMILES string of the molecule is COC[C@H]1CCCCN1Cc1cnc(N2CCCCC2)nc1.